The van der Waals surface area contributed by atoms with Crippen LogP contribution in [0.15, 0.2) is 110 Å². The zero-order valence-electron chi connectivity index (χ0n) is 28.0. The molecule has 51 heavy (non-hydrogen) atoms. The van der Waals surface area contributed by atoms with E-state index in [1.54, 1.807) is 18.3 Å². The number of benzene rings is 3. The Bertz CT molecular complexity index is 2160. The molecule has 0 unspecified atom stereocenters. The Labute approximate surface area is 294 Å². The minimum atomic E-state index is -1.04. The number of carbonyl (C=O) groups excluding carboxylic acids is 2. The molecule has 0 radical (unpaired) electrons. The number of nitrogens with one attached hydrogen (secondary N) is 2. The molecule has 12 nitrogen and oxygen atoms in total. The van der Waals surface area contributed by atoms with Crippen molar-refractivity contribution < 1.29 is 29.3 Å². The van der Waals surface area contributed by atoms with Crippen molar-refractivity contribution in [3.05, 3.63) is 126 Å². The highest BCUT2D eigenvalue weighted by atomic mass is 16.6. The quantitative estimate of drug-likeness (QED) is 0.122. The van der Waals surface area contributed by atoms with Crippen molar-refractivity contribution in [3.63, 3.8) is 0 Å². The normalized spacial score (nSPS) is 19.9. The standard InChI is InChI=1S/C39H38N6O6/c1-39(18-16-25-12-13-28-14-15-32(42-30(28)20-25)43-37(48)50-22-26-8-4-2-5-9-26)21-31(33(46)34(39)47)45-19-17-29-35(40-24-41-36(29)45)44-38(49)51-23-27-10-6-3-7-11-27/h2-15,17,19-20,24,31,33-34,46-47H,16,18,21-23H2,1H3,(H,42,43,48)(H,40,41,44,49)/t31-,33+,34+,39+/m1/s1. The Morgan fingerprint density at radius 1 is 0.843 bits per heavy atom. The van der Waals surface area contributed by atoms with Gasteiger partial charge in [-0.2, -0.15) is 0 Å². The number of aromatic nitrogens is 4. The van der Waals surface area contributed by atoms with E-state index in [2.05, 4.69) is 25.6 Å². The highest BCUT2D eigenvalue weighted by Crippen LogP contribution is 2.48. The topological polar surface area (TPSA) is 161 Å². The van der Waals surface area contributed by atoms with E-state index in [4.69, 9.17) is 9.47 Å². The Morgan fingerprint density at radius 2 is 1.51 bits per heavy atom. The molecular weight excluding hydrogens is 648 g/mol. The van der Waals surface area contributed by atoms with Crippen LogP contribution in [-0.4, -0.2) is 54.1 Å². The molecule has 2 amide bonds. The molecule has 0 spiro atoms. The highest BCUT2D eigenvalue weighted by molar-refractivity contribution is 5.95. The summed E-state index contributed by atoms with van der Waals surface area (Å²) in [5.41, 5.74) is 3.40. The van der Waals surface area contributed by atoms with Gasteiger partial charge in [-0.05, 0) is 65.6 Å². The number of carbonyl (C=O) groups is 2. The monoisotopic (exact) mass is 686 g/mol. The maximum atomic E-state index is 12.6. The lowest BCUT2D eigenvalue weighted by Crippen LogP contribution is -2.35. The summed E-state index contributed by atoms with van der Waals surface area (Å²) in [4.78, 5) is 38.3. The molecule has 260 valence electrons. The summed E-state index contributed by atoms with van der Waals surface area (Å²) in [6, 6.07) is 29.8. The largest absolute Gasteiger partial charge is 0.444 e. The number of aliphatic hydroxyl groups is 2. The third-order valence-corrected chi connectivity index (χ3v) is 9.59. The van der Waals surface area contributed by atoms with Gasteiger partial charge >= 0.3 is 12.2 Å². The van der Waals surface area contributed by atoms with Crippen LogP contribution in [0, 0.1) is 5.41 Å². The number of anilines is 2. The van der Waals surface area contributed by atoms with Crippen molar-refractivity contribution in [2.24, 2.45) is 5.41 Å². The molecule has 1 fully saturated rings. The molecule has 1 saturated carbocycles. The second-order valence-corrected chi connectivity index (χ2v) is 13.1. The summed E-state index contributed by atoms with van der Waals surface area (Å²) in [5.74, 6) is 0.673. The molecule has 4 atom stereocenters. The lowest BCUT2D eigenvalue weighted by atomic mass is 9.80. The fourth-order valence-corrected chi connectivity index (χ4v) is 6.73. The van der Waals surface area contributed by atoms with Gasteiger partial charge in [-0.25, -0.2) is 24.5 Å². The predicted octanol–water partition coefficient (Wildman–Crippen LogP) is 6.78. The van der Waals surface area contributed by atoms with Crippen LogP contribution in [0.2, 0.25) is 0 Å². The van der Waals surface area contributed by atoms with E-state index < -0.39 is 35.9 Å². The zero-order chi connectivity index (χ0) is 35.4. The van der Waals surface area contributed by atoms with Crippen molar-refractivity contribution in [3.8, 4) is 0 Å². The maximum absolute atomic E-state index is 12.6. The second-order valence-electron chi connectivity index (χ2n) is 13.1. The third-order valence-electron chi connectivity index (χ3n) is 9.59. The number of pyridine rings is 1. The summed E-state index contributed by atoms with van der Waals surface area (Å²) in [5, 5.41) is 29.6. The van der Waals surface area contributed by atoms with Crippen molar-refractivity contribution >= 4 is 45.8 Å². The minimum Gasteiger partial charge on any atom is -0.444 e. The minimum absolute atomic E-state index is 0.118. The van der Waals surface area contributed by atoms with Gasteiger partial charge in [-0.15, -0.1) is 0 Å². The van der Waals surface area contributed by atoms with Gasteiger partial charge in [0.25, 0.3) is 0 Å². The molecule has 7 rings (SSSR count). The first kappa shape index (κ1) is 33.6. The first-order chi connectivity index (χ1) is 24.8. The molecule has 1 aliphatic rings. The average Bonchev–Trinajstić information content (AvgIpc) is 3.68. The van der Waals surface area contributed by atoms with E-state index in [9.17, 15) is 19.8 Å². The highest BCUT2D eigenvalue weighted by Gasteiger charge is 2.50. The van der Waals surface area contributed by atoms with Crippen LogP contribution in [-0.2, 0) is 29.1 Å². The summed E-state index contributed by atoms with van der Waals surface area (Å²) >= 11 is 0. The molecule has 0 saturated heterocycles. The van der Waals surface area contributed by atoms with Crippen LogP contribution >= 0.6 is 0 Å². The molecule has 0 aliphatic heterocycles. The number of ether oxygens (including phenoxy) is 2. The fraction of sp³-hybridized carbons (Fsp3) is 0.256. The number of fused-ring (bicyclic) bond motifs is 2. The van der Waals surface area contributed by atoms with Gasteiger partial charge in [0.2, 0.25) is 0 Å². The zero-order valence-corrected chi connectivity index (χ0v) is 28.0. The predicted molar refractivity (Wildman–Crippen MR) is 192 cm³/mol. The third kappa shape index (κ3) is 7.52. The molecule has 12 heteroatoms. The Hall–Kier alpha value is -5.85. The Balaban J connectivity index is 0.995. The smallest absolute Gasteiger partial charge is 0.413 e. The fourth-order valence-electron chi connectivity index (χ4n) is 6.73. The summed E-state index contributed by atoms with van der Waals surface area (Å²) < 4.78 is 12.5. The van der Waals surface area contributed by atoms with E-state index >= 15 is 0 Å². The SMILES string of the molecule is C[C@]1(CCc2ccc3ccc(NC(=O)OCc4ccccc4)nc3c2)C[C@@H](n2ccc3c(NC(=O)OCc4ccccc4)ncnc32)[C@H](O)[C@@H]1O. The first-order valence-electron chi connectivity index (χ1n) is 16.8. The Morgan fingerprint density at radius 3 is 2.22 bits per heavy atom. The Kier molecular flexibility index (Phi) is 9.60. The van der Waals surface area contributed by atoms with Gasteiger partial charge in [0.1, 0.15) is 42.9 Å². The maximum Gasteiger partial charge on any atom is 0.413 e. The number of hydrogen-bond acceptors (Lipinski definition) is 9. The first-order valence-corrected chi connectivity index (χ1v) is 16.8. The van der Waals surface area contributed by atoms with E-state index in [0.29, 0.717) is 41.9 Å². The van der Waals surface area contributed by atoms with E-state index in [0.717, 1.165) is 27.6 Å². The van der Waals surface area contributed by atoms with Crippen molar-refractivity contribution in [2.75, 3.05) is 10.6 Å². The molecule has 6 aromatic rings. The lowest BCUT2D eigenvalue weighted by molar-refractivity contribution is -0.0241. The molecule has 3 aromatic carbocycles. The number of aryl methyl sites for hydroxylation is 1. The van der Waals surface area contributed by atoms with Crippen LogP contribution in [0.4, 0.5) is 21.2 Å². The molecule has 3 aromatic heterocycles. The summed E-state index contributed by atoms with van der Waals surface area (Å²) in [6.45, 7) is 2.26. The average molecular weight is 687 g/mol. The number of hydrogen-bond donors (Lipinski definition) is 4. The van der Waals surface area contributed by atoms with E-state index in [1.165, 1.54) is 6.33 Å². The van der Waals surface area contributed by atoms with Crippen LogP contribution in [0.25, 0.3) is 21.9 Å². The number of nitrogens with zero attached hydrogens (tertiary/aromatic N) is 4. The van der Waals surface area contributed by atoms with E-state index in [1.807, 2.05) is 96.4 Å². The van der Waals surface area contributed by atoms with Crippen LogP contribution < -0.4 is 10.6 Å². The van der Waals surface area contributed by atoms with Crippen molar-refractivity contribution in [1.82, 2.24) is 19.5 Å². The number of aliphatic hydroxyl groups excluding tert-OH is 2. The molecular formula is C39H38N6O6. The second kappa shape index (κ2) is 14.6. The van der Waals surface area contributed by atoms with Crippen LogP contribution in [0.5, 0.6) is 0 Å². The van der Waals surface area contributed by atoms with Gasteiger partial charge < -0.3 is 24.3 Å². The number of rotatable bonds is 10. The van der Waals surface area contributed by atoms with Crippen molar-refractivity contribution in [1.29, 1.82) is 0 Å². The molecule has 3 heterocycles. The molecule has 1 aliphatic carbocycles. The summed E-state index contributed by atoms with van der Waals surface area (Å²) in [6.07, 6.45) is 1.62. The lowest BCUT2D eigenvalue weighted by Gasteiger charge is -2.28. The van der Waals surface area contributed by atoms with Crippen LogP contribution in [0.3, 0.4) is 0 Å². The van der Waals surface area contributed by atoms with Gasteiger partial charge in [0, 0.05) is 11.6 Å². The number of amides is 2. The summed E-state index contributed by atoms with van der Waals surface area (Å²) in [7, 11) is 0. The van der Waals surface area contributed by atoms with Crippen LogP contribution in [0.1, 0.15) is 42.5 Å². The molecule has 0 bridgehead atoms. The van der Waals surface area contributed by atoms with E-state index in [-0.39, 0.29) is 13.2 Å². The van der Waals surface area contributed by atoms with Gasteiger partial charge in [0.15, 0.2) is 0 Å². The van der Waals surface area contributed by atoms with Crippen molar-refractivity contribution in [2.45, 2.75) is 57.6 Å². The van der Waals surface area contributed by atoms with Gasteiger partial charge in [-0.3, -0.25) is 10.6 Å². The van der Waals surface area contributed by atoms with Gasteiger partial charge in [-0.1, -0.05) is 79.7 Å². The molecule has 4 N–H and O–H groups in total. The van der Waals surface area contributed by atoms with Gasteiger partial charge in [0.05, 0.1) is 23.0 Å².